The van der Waals surface area contributed by atoms with Gasteiger partial charge in [0.15, 0.2) is 0 Å². The van der Waals surface area contributed by atoms with Crippen LogP contribution in [0.15, 0.2) is 24.4 Å². The van der Waals surface area contributed by atoms with Gasteiger partial charge in [-0.05, 0) is 37.8 Å². The van der Waals surface area contributed by atoms with E-state index in [4.69, 9.17) is 0 Å². The van der Waals surface area contributed by atoms with Crippen molar-refractivity contribution in [3.8, 4) is 0 Å². The average molecular weight is 204 g/mol. The van der Waals surface area contributed by atoms with Crippen LogP contribution in [0.4, 0.5) is 0 Å². The molecular formula is C12H16N2O. The Morgan fingerprint density at radius 1 is 1.27 bits per heavy atom. The highest BCUT2D eigenvalue weighted by atomic mass is 16.3. The maximum atomic E-state index is 10.6. The number of pyridine rings is 1. The van der Waals surface area contributed by atoms with Crippen LogP contribution in [0.5, 0.6) is 0 Å². The van der Waals surface area contributed by atoms with Crippen molar-refractivity contribution in [2.45, 2.75) is 43.4 Å². The summed E-state index contributed by atoms with van der Waals surface area (Å²) in [6.45, 7) is 0. The summed E-state index contributed by atoms with van der Waals surface area (Å²) in [7, 11) is 0. The van der Waals surface area contributed by atoms with Gasteiger partial charge in [-0.15, -0.1) is 0 Å². The fourth-order valence-electron chi connectivity index (χ4n) is 2.97. The normalized spacial score (nSPS) is 39.3. The van der Waals surface area contributed by atoms with Gasteiger partial charge in [-0.2, -0.15) is 0 Å². The van der Waals surface area contributed by atoms with E-state index < -0.39 is 5.60 Å². The lowest BCUT2D eigenvalue weighted by Crippen LogP contribution is -2.47. The Morgan fingerprint density at radius 3 is 2.60 bits per heavy atom. The quantitative estimate of drug-likeness (QED) is 0.722. The molecule has 2 aliphatic rings. The van der Waals surface area contributed by atoms with Crippen LogP contribution in [0.2, 0.25) is 0 Å². The summed E-state index contributed by atoms with van der Waals surface area (Å²) in [4.78, 5) is 4.29. The van der Waals surface area contributed by atoms with Gasteiger partial charge in [0.25, 0.3) is 0 Å². The van der Waals surface area contributed by atoms with Crippen LogP contribution in [0, 0.1) is 0 Å². The summed E-state index contributed by atoms with van der Waals surface area (Å²) in [5, 5.41) is 14.1. The monoisotopic (exact) mass is 204 g/mol. The summed E-state index contributed by atoms with van der Waals surface area (Å²) < 4.78 is 0. The average Bonchev–Trinajstić information content (AvgIpc) is 2.60. The number of piperidine rings is 1. The topological polar surface area (TPSA) is 45.2 Å². The number of hydrogen-bond acceptors (Lipinski definition) is 3. The number of rotatable bonds is 1. The molecule has 2 bridgehead atoms. The number of hydrogen-bond donors (Lipinski definition) is 2. The summed E-state index contributed by atoms with van der Waals surface area (Å²) in [6.07, 6.45) is 5.76. The van der Waals surface area contributed by atoms with Crippen molar-refractivity contribution >= 4 is 0 Å². The molecule has 0 saturated carbocycles. The molecule has 0 aromatic carbocycles. The van der Waals surface area contributed by atoms with Crippen LogP contribution in [-0.4, -0.2) is 22.2 Å². The van der Waals surface area contributed by atoms with Crippen LogP contribution < -0.4 is 5.32 Å². The second-order valence-electron chi connectivity index (χ2n) is 4.79. The molecule has 1 aromatic rings. The first-order valence-corrected chi connectivity index (χ1v) is 5.66. The van der Waals surface area contributed by atoms with E-state index in [9.17, 15) is 5.11 Å². The van der Waals surface area contributed by atoms with Crippen LogP contribution in [-0.2, 0) is 5.60 Å². The van der Waals surface area contributed by atoms with Crippen molar-refractivity contribution in [2.75, 3.05) is 0 Å². The van der Waals surface area contributed by atoms with Gasteiger partial charge in [-0.25, -0.2) is 0 Å². The number of aromatic nitrogens is 1. The third kappa shape index (κ3) is 1.56. The molecule has 2 atom stereocenters. The van der Waals surface area contributed by atoms with Gasteiger partial charge in [-0.1, -0.05) is 6.07 Å². The van der Waals surface area contributed by atoms with E-state index in [1.54, 1.807) is 6.20 Å². The Hall–Kier alpha value is -0.930. The van der Waals surface area contributed by atoms with Crippen molar-refractivity contribution in [1.82, 2.24) is 10.3 Å². The molecule has 2 aliphatic heterocycles. The predicted molar refractivity (Wildman–Crippen MR) is 57.3 cm³/mol. The molecule has 0 radical (unpaired) electrons. The molecule has 3 heterocycles. The lowest BCUT2D eigenvalue weighted by molar-refractivity contribution is -0.0152. The molecule has 2 N–H and O–H groups in total. The molecule has 1 aromatic heterocycles. The zero-order valence-corrected chi connectivity index (χ0v) is 8.69. The van der Waals surface area contributed by atoms with E-state index in [2.05, 4.69) is 10.3 Å². The number of fused-ring (bicyclic) bond motifs is 2. The van der Waals surface area contributed by atoms with Crippen molar-refractivity contribution < 1.29 is 5.11 Å². The molecule has 15 heavy (non-hydrogen) atoms. The minimum absolute atomic E-state index is 0.482. The van der Waals surface area contributed by atoms with Gasteiger partial charge in [0, 0.05) is 18.3 Å². The highest BCUT2D eigenvalue weighted by molar-refractivity contribution is 5.17. The van der Waals surface area contributed by atoms with Gasteiger partial charge in [0.1, 0.15) is 5.60 Å². The van der Waals surface area contributed by atoms with Crippen LogP contribution in [0.3, 0.4) is 0 Å². The van der Waals surface area contributed by atoms with E-state index in [1.165, 1.54) is 12.8 Å². The first-order chi connectivity index (χ1) is 7.26. The maximum absolute atomic E-state index is 10.6. The van der Waals surface area contributed by atoms with Gasteiger partial charge in [-0.3, -0.25) is 4.98 Å². The first kappa shape index (κ1) is 9.31. The molecular weight excluding hydrogens is 188 g/mol. The van der Waals surface area contributed by atoms with Gasteiger partial charge < -0.3 is 10.4 Å². The Labute approximate surface area is 89.5 Å². The largest absolute Gasteiger partial charge is 0.383 e. The van der Waals surface area contributed by atoms with E-state index in [0.717, 1.165) is 18.5 Å². The highest BCUT2D eigenvalue weighted by Crippen LogP contribution is 2.39. The van der Waals surface area contributed by atoms with Crippen LogP contribution in [0.25, 0.3) is 0 Å². The molecule has 80 valence electrons. The van der Waals surface area contributed by atoms with E-state index >= 15 is 0 Å². The van der Waals surface area contributed by atoms with Crippen LogP contribution >= 0.6 is 0 Å². The Kier molecular flexibility index (Phi) is 2.04. The molecule has 3 nitrogen and oxygen atoms in total. The zero-order valence-electron chi connectivity index (χ0n) is 8.69. The van der Waals surface area contributed by atoms with E-state index in [0.29, 0.717) is 12.1 Å². The van der Waals surface area contributed by atoms with Crippen molar-refractivity contribution in [2.24, 2.45) is 0 Å². The van der Waals surface area contributed by atoms with E-state index in [-0.39, 0.29) is 0 Å². The van der Waals surface area contributed by atoms with Crippen molar-refractivity contribution in [1.29, 1.82) is 0 Å². The van der Waals surface area contributed by atoms with Gasteiger partial charge in [0.05, 0.1) is 5.69 Å². The third-order valence-corrected chi connectivity index (χ3v) is 3.64. The number of nitrogens with one attached hydrogen (secondary N) is 1. The molecule has 0 spiro atoms. The number of aliphatic hydroxyl groups is 1. The SMILES string of the molecule is OC1(c2ccccn2)CC2CCC(C1)N2. The minimum atomic E-state index is -0.696. The highest BCUT2D eigenvalue weighted by Gasteiger charge is 2.44. The Balaban J connectivity index is 1.91. The second-order valence-corrected chi connectivity index (χ2v) is 4.79. The predicted octanol–water partition coefficient (Wildman–Crippen LogP) is 1.18. The molecule has 0 amide bonds. The molecule has 2 fully saturated rings. The summed E-state index contributed by atoms with van der Waals surface area (Å²) in [5.74, 6) is 0. The molecule has 2 unspecified atom stereocenters. The zero-order chi connectivity index (χ0) is 10.3. The van der Waals surface area contributed by atoms with Crippen LogP contribution in [0.1, 0.15) is 31.4 Å². The van der Waals surface area contributed by atoms with Gasteiger partial charge >= 0.3 is 0 Å². The van der Waals surface area contributed by atoms with Crippen molar-refractivity contribution in [3.63, 3.8) is 0 Å². The molecule has 3 rings (SSSR count). The fourth-order valence-corrected chi connectivity index (χ4v) is 2.97. The lowest BCUT2D eigenvalue weighted by Gasteiger charge is -2.36. The fraction of sp³-hybridized carbons (Fsp3) is 0.583. The van der Waals surface area contributed by atoms with Gasteiger partial charge in [0.2, 0.25) is 0 Å². The summed E-state index contributed by atoms with van der Waals surface area (Å²) in [5.41, 5.74) is 0.140. The molecule has 3 heteroatoms. The lowest BCUT2D eigenvalue weighted by atomic mass is 9.84. The smallest absolute Gasteiger partial charge is 0.109 e. The Bertz CT molecular complexity index is 340. The molecule has 0 aliphatic carbocycles. The molecule has 2 saturated heterocycles. The third-order valence-electron chi connectivity index (χ3n) is 3.64. The second kappa shape index (κ2) is 3.29. The van der Waals surface area contributed by atoms with E-state index in [1.807, 2.05) is 18.2 Å². The summed E-state index contributed by atoms with van der Waals surface area (Å²) >= 11 is 0. The minimum Gasteiger partial charge on any atom is -0.383 e. The van der Waals surface area contributed by atoms with Crippen molar-refractivity contribution in [3.05, 3.63) is 30.1 Å². The Morgan fingerprint density at radius 2 is 2.00 bits per heavy atom. The standard InChI is InChI=1S/C12H16N2O/c15-12(11-3-1-2-6-13-11)7-9-4-5-10(8-12)14-9/h1-3,6,9-10,14-15H,4-5,7-8H2. The first-order valence-electron chi connectivity index (χ1n) is 5.66. The maximum Gasteiger partial charge on any atom is 0.109 e. The number of nitrogens with zero attached hydrogens (tertiary/aromatic N) is 1. The summed E-state index contributed by atoms with van der Waals surface area (Å²) in [6, 6.07) is 6.74.